The van der Waals surface area contributed by atoms with Gasteiger partial charge in [0.05, 0.1) is 7.11 Å². The Balaban J connectivity index is 3.17. The highest BCUT2D eigenvalue weighted by molar-refractivity contribution is 7.98. The molecule has 0 aliphatic rings. The van der Waals surface area contributed by atoms with E-state index in [-0.39, 0.29) is 5.69 Å². The van der Waals surface area contributed by atoms with Crippen LogP contribution in [0.2, 0.25) is 0 Å². The lowest BCUT2D eigenvalue weighted by atomic mass is 10.4. The number of nitrogens with zero attached hydrogens (tertiary/aromatic N) is 2. The van der Waals surface area contributed by atoms with Gasteiger partial charge in [0.1, 0.15) is 5.82 Å². The van der Waals surface area contributed by atoms with Gasteiger partial charge in [0.2, 0.25) is 0 Å². The van der Waals surface area contributed by atoms with Gasteiger partial charge in [-0.1, -0.05) is 11.8 Å². The van der Waals surface area contributed by atoms with E-state index in [1.807, 2.05) is 6.26 Å². The molecule has 1 aromatic rings. The number of carbonyl (C=O) groups is 1. The lowest BCUT2D eigenvalue weighted by Crippen LogP contribution is -2.06. The zero-order valence-electron chi connectivity index (χ0n) is 7.70. The minimum absolute atomic E-state index is 0.175. The summed E-state index contributed by atoms with van der Waals surface area (Å²) in [5.41, 5.74) is 5.82. The third kappa shape index (κ3) is 1.62. The molecule has 1 aromatic heterocycles. The van der Waals surface area contributed by atoms with Crippen molar-refractivity contribution in [2.75, 3.05) is 19.1 Å². The number of thioether (sulfide) groups is 1. The molecule has 0 unspecified atom stereocenters. The van der Waals surface area contributed by atoms with Crippen molar-refractivity contribution in [1.29, 1.82) is 0 Å². The summed E-state index contributed by atoms with van der Waals surface area (Å²) in [6.07, 6.45) is 1.86. The molecule has 0 aromatic carbocycles. The fourth-order valence-electron chi connectivity index (χ4n) is 0.919. The van der Waals surface area contributed by atoms with Crippen LogP contribution >= 0.6 is 11.8 Å². The summed E-state index contributed by atoms with van der Waals surface area (Å²) in [5.74, 6) is -0.176. The van der Waals surface area contributed by atoms with Crippen LogP contribution in [0.15, 0.2) is 5.16 Å². The molecule has 2 N–H and O–H groups in total. The topological polar surface area (TPSA) is 70.1 Å². The third-order valence-corrected chi connectivity index (χ3v) is 2.39. The van der Waals surface area contributed by atoms with E-state index in [0.717, 1.165) is 0 Å². The first-order valence-electron chi connectivity index (χ1n) is 3.56. The van der Waals surface area contributed by atoms with Gasteiger partial charge < -0.3 is 15.0 Å². The maximum atomic E-state index is 11.1. The maximum Gasteiger partial charge on any atom is 0.360 e. The molecule has 1 heterocycles. The van der Waals surface area contributed by atoms with Crippen molar-refractivity contribution in [1.82, 2.24) is 9.55 Å². The minimum Gasteiger partial charge on any atom is -0.464 e. The second-order valence-electron chi connectivity index (χ2n) is 2.38. The molecule has 13 heavy (non-hydrogen) atoms. The van der Waals surface area contributed by atoms with E-state index in [4.69, 9.17) is 5.73 Å². The summed E-state index contributed by atoms with van der Waals surface area (Å²) in [5, 5.41) is 0.693. The molecular weight excluding hydrogens is 190 g/mol. The van der Waals surface area contributed by atoms with Crippen molar-refractivity contribution in [3.05, 3.63) is 5.69 Å². The number of ether oxygens (including phenoxy) is 1. The van der Waals surface area contributed by atoms with Crippen LogP contribution in [0.1, 0.15) is 10.5 Å². The Morgan fingerprint density at radius 1 is 1.69 bits per heavy atom. The molecule has 0 amide bonds. The number of rotatable bonds is 2. The van der Waals surface area contributed by atoms with Crippen LogP contribution in [0.4, 0.5) is 5.82 Å². The van der Waals surface area contributed by atoms with Crippen LogP contribution in [-0.4, -0.2) is 28.9 Å². The molecule has 0 fully saturated rings. The molecule has 72 valence electrons. The average Bonchev–Trinajstić information content (AvgIpc) is 2.43. The Morgan fingerprint density at radius 3 is 2.69 bits per heavy atom. The summed E-state index contributed by atoms with van der Waals surface area (Å²) in [6.45, 7) is 0. The van der Waals surface area contributed by atoms with E-state index in [2.05, 4.69) is 9.72 Å². The molecule has 0 radical (unpaired) electrons. The van der Waals surface area contributed by atoms with E-state index >= 15 is 0 Å². The molecular formula is C7H11N3O2S. The fourth-order valence-corrected chi connectivity index (χ4v) is 1.47. The van der Waals surface area contributed by atoms with Crippen molar-refractivity contribution in [2.24, 2.45) is 7.05 Å². The molecule has 6 heteroatoms. The van der Waals surface area contributed by atoms with Gasteiger partial charge in [0, 0.05) is 7.05 Å². The summed E-state index contributed by atoms with van der Waals surface area (Å²) < 4.78 is 6.18. The molecule has 1 rings (SSSR count). The van der Waals surface area contributed by atoms with Gasteiger partial charge in [-0.25, -0.2) is 9.78 Å². The summed E-state index contributed by atoms with van der Waals surface area (Å²) >= 11 is 1.42. The number of esters is 1. The van der Waals surface area contributed by atoms with Crippen LogP contribution < -0.4 is 5.73 Å². The van der Waals surface area contributed by atoms with Gasteiger partial charge in [-0.05, 0) is 6.26 Å². The Morgan fingerprint density at radius 2 is 2.31 bits per heavy atom. The van der Waals surface area contributed by atoms with Gasteiger partial charge in [-0.15, -0.1) is 0 Å². The normalized spacial score (nSPS) is 10.1. The molecule has 0 bridgehead atoms. The van der Waals surface area contributed by atoms with Crippen LogP contribution in [-0.2, 0) is 11.8 Å². The molecule has 0 saturated carbocycles. The lowest BCUT2D eigenvalue weighted by Gasteiger charge is -1.98. The Labute approximate surface area is 80.3 Å². The molecule has 5 nitrogen and oxygen atoms in total. The quantitative estimate of drug-likeness (QED) is 0.557. The first-order valence-corrected chi connectivity index (χ1v) is 4.78. The maximum absolute atomic E-state index is 11.1. The highest BCUT2D eigenvalue weighted by Gasteiger charge is 2.18. The highest BCUT2D eigenvalue weighted by Crippen LogP contribution is 2.20. The molecule has 0 spiro atoms. The number of carbonyl (C=O) groups excluding carboxylic acids is 1. The lowest BCUT2D eigenvalue weighted by molar-refractivity contribution is 0.0595. The molecule has 0 atom stereocenters. The predicted octanol–water partition coefficient (Wildman–Crippen LogP) is 0.511. The van der Waals surface area contributed by atoms with Crippen molar-refractivity contribution < 1.29 is 9.53 Å². The van der Waals surface area contributed by atoms with E-state index < -0.39 is 5.97 Å². The number of aromatic nitrogens is 2. The van der Waals surface area contributed by atoms with Gasteiger partial charge in [-0.3, -0.25) is 0 Å². The number of nitrogen functional groups attached to an aromatic ring is 1. The number of anilines is 1. The summed E-state index contributed by atoms with van der Waals surface area (Å²) in [7, 11) is 3.05. The fraction of sp³-hybridized carbons (Fsp3) is 0.429. The average molecular weight is 201 g/mol. The highest BCUT2D eigenvalue weighted by atomic mass is 32.2. The monoisotopic (exact) mass is 201 g/mol. The smallest absolute Gasteiger partial charge is 0.360 e. The zero-order chi connectivity index (χ0) is 10.0. The van der Waals surface area contributed by atoms with Crippen LogP contribution in [0, 0.1) is 0 Å². The van der Waals surface area contributed by atoms with Gasteiger partial charge in [0.15, 0.2) is 10.9 Å². The Bertz CT molecular complexity index is 335. The predicted molar refractivity (Wildman–Crippen MR) is 50.7 cm³/mol. The number of hydrogen-bond donors (Lipinski definition) is 1. The van der Waals surface area contributed by atoms with E-state index in [1.54, 1.807) is 11.6 Å². The SMILES string of the molecule is COC(=O)c1nc(SC)n(C)c1N. The second-order valence-corrected chi connectivity index (χ2v) is 3.16. The van der Waals surface area contributed by atoms with Crippen molar-refractivity contribution in [3.8, 4) is 0 Å². The largest absolute Gasteiger partial charge is 0.464 e. The number of imidazole rings is 1. The first kappa shape index (κ1) is 9.91. The van der Waals surface area contributed by atoms with E-state index in [9.17, 15) is 4.79 Å². The van der Waals surface area contributed by atoms with Crippen molar-refractivity contribution >= 4 is 23.5 Å². The van der Waals surface area contributed by atoms with E-state index in [1.165, 1.54) is 18.9 Å². The third-order valence-electron chi connectivity index (χ3n) is 1.66. The van der Waals surface area contributed by atoms with E-state index in [0.29, 0.717) is 11.0 Å². The molecule has 0 aliphatic heterocycles. The van der Waals surface area contributed by atoms with Crippen LogP contribution in [0.25, 0.3) is 0 Å². The van der Waals surface area contributed by atoms with Gasteiger partial charge >= 0.3 is 5.97 Å². The summed E-state index contributed by atoms with van der Waals surface area (Å²) in [6, 6.07) is 0. The molecule has 0 aliphatic carbocycles. The minimum atomic E-state index is -0.506. The van der Waals surface area contributed by atoms with Gasteiger partial charge in [-0.2, -0.15) is 0 Å². The van der Waals surface area contributed by atoms with Crippen LogP contribution in [0.3, 0.4) is 0 Å². The Kier molecular flexibility index (Phi) is 2.82. The second kappa shape index (κ2) is 3.69. The van der Waals surface area contributed by atoms with Crippen molar-refractivity contribution in [3.63, 3.8) is 0 Å². The van der Waals surface area contributed by atoms with Crippen molar-refractivity contribution in [2.45, 2.75) is 5.16 Å². The standard InChI is InChI=1S/C7H11N3O2S/c1-10-5(8)4(6(11)12-2)9-7(10)13-3/h8H2,1-3H3. The van der Waals surface area contributed by atoms with Gasteiger partial charge in [0.25, 0.3) is 0 Å². The number of nitrogens with two attached hydrogens (primary N) is 1. The number of methoxy groups -OCH3 is 1. The Hall–Kier alpha value is -1.17. The molecule has 0 saturated heterocycles. The summed E-state index contributed by atoms with van der Waals surface area (Å²) in [4.78, 5) is 15.2. The first-order chi connectivity index (χ1) is 6.11. The number of hydrogen-bond acceptors (Lipinski definition) is 5. The zero-order valence-corrected chi connectivity index (χ0v) is 8.51. The van der Waals surface area contributed by atoms with Crippen LogP contribution in [0.5, 0.6) is 0 Å².